The molecule has 2 heterocycles. The van der Waals surface area contributed by atoms with Crippen LogP contribution in [-0.2, 0) is 13.1 Å². The molecule has 0 saturated heterocycles. The molecular weight excluding hydrogens is 286 g/mol. The highest BCUT2D eigenvalue weighted by Gasteiger charge is 2.05. The van der Waals surface area contributed by atoms with Crippen LogP contribution < -0.4 is 5.32 Å². The molecule has 1 atom stereocenters. The van der Waals surface area contributed by atoms with Gasteiger partial charge in [-0.1, -0.05) is 30.3 Å². The predicted molar refractivity (Wildman–Crippen MR) is 90.7 cm³/mol. The van der Waals surface area contributed by atoms with Crippen molar-refractivity contribution in [2.75, 3.05) is 0 Å². The van der Waals surface area contributed by atoms with Gasteiger partial charge >= 0.3 is 0 Å². The summed E-state index contributed by atoms with van der Waals surface area (Å²) in [4.78, 5) is 8.89. The summed E-state index contributed by atoms with van der Waals surface area (Å²) in [5.74, 6) is 0.759. The van der Waals surface area contributed by atoms with Crippen LogP contribution in [0.25, 0.3) is 11.4 Å². The summed E-state index contributed by atoms with van der Waals surface area (Å²) in [6.07, 6.45) is 7.69. The highest BCUT2D eigenvalue weighted by molar-refractivity contribution is 5.53. The average Bonchev–Trinajstić information content (AvgIpc) is 2.99. The first kappa shape index (κ1) is 15.4. The van der Waals surface area contributed by atoms with Gasteiger partial charge in [0.1, 0.15) is 0 Å². The quantitative estimate of drug-likeness (QED) is 0.761. The first-order valence-corrected chi connectivity index (χ1v) is 7.79. The Morgan fingerprint density at radius 3 is 2.48 bits per heavy atom. The molecule has 23 heavy (non-hydrogen) atoms. The summed E-state index contributed by atoms with van der Waals surface area (Å²) in [6.45, 7) is 5.79. The van der Waals surface area contributed by atoms with E-state index in [2.05, 4.69) is 33.5 Å². The molecule has 0 fully saturated rings. The number of aryl methyl sites for hydroxylation is 1. The average molecular weight is 307 g/mol. The molecule has 1 aromatic carbocycles. The van der Waals surface area contributed by atoms with Gasteiger partial charge in [0.05, 0.1) is 12.7 Å². The van der Waals surface area contributed by atoms with Crippen molar-refractivity contribution in [1.82, 2.24) is 25.1 Å². The summed E-state index contributed by atoms with van der Waals surface area (Å²) in [7, 11) is 0. The molecule has 0 aliphatic heterocycles. The smallest absolute Gasteiger partial charge is 0.159 e. The monoisotopic (exact) mass is 307 g/mol. The van der Waals surface area contributed by atoms with Gasteiger partial charge in [0.25, 0.3) is 0 Å². The molecule has 118 valence electrons. The molecule has 0 unspecified atom stereocenters. The van der Waals surface area contributed by atoms with E-state index in [0.717, 1.165) is 30.0 Å². The van der Waals surface area contributed by atoms with Crippen molar-refractivity contribution in [3.05, 3.63) is 66.2 Å². The number of aromatic nitrogens is 4. The lowest BCUT2D eigenvalue weighted by Crippen LogP contribution is -2.30. The van der Waals surface area contributed by atoms with Gasteiger partial charge in [-0.15, -0.1) is 0 Å². The van der Waals surface area contributed by atoms with Gasteiger partial charge in [0.2, 0.25) is 0 Å². The van der Waals surface area contributed by atoms with Crippen LogP contribution in [0.3, 0.4) is 0 Å². The number of rotatable bonds is 6. The summed E-state index contributed by atoms with van der Waals surface area (Å²) in [6, 6.07) is 10.3. The lowest BCUT2D eigenvalue weighted by Gasteiger charge is -2.13. The van der Waals surface area contributed by atoms with Crippen LogP contribution in [0.5, 0.6) is 0 Å². The first-order chi connectivity index (χ1) is 11.2. The highest BCUT2D eigenvalue weighted by atomic mass is 15.3. The number of nitrogens with one attached hydrogen (secondary N) is 1. The summed E-state index contributed by atoms with van der Waals surface area (Å²) >= 11 is 0. The first-order valence-electron chi connectivity index (χ1n) is 7.79. The zero-order valence-corrected chi connectivity index (χ0v) is 13.5. The van der Waals surface area contributed by atoms with Gasteiger partial charge in [-0.25, -0.2) is 9.97 Å². The minimum atomic E-state index is 0.322. The molecular formula is C18H21N5. The van der Waals surface area contributed by atoms with E-state index in [0.29, 0.717) is 6.04 Å². The Labute approximate surface area is 136 Å². The molecule has 5 nitrogen and oxygen atoms in total. The molecule has 0 saturated carbocycles. The third-order valence-corrected chi connectivity index (χ3v) is 3.62. The van der Waals surface area contributed by atoms with E-state index in [9.17, 15) is 0 Å². The molecule has 0 spiro atoms. The summed E-state index contributed by atoms with van der Waals surface area (Å²) in [5.41, 5.74) is 3.30. The van der Waals surface area contributed by atoms with Gasteiger partial charge in [-0.05, 0) is 19.4 Å². The van der Waals surface area contributed by atoms with Gasteiger partial charge in [-0.3, -0.25) is 4.68 Å². The normalized spacial score (nSPS) is 12.3. The van der Waals surface area contributed by atoms with Crippen LogP contribution in [0.4, 0.5) is 0 Å². The number of hydrogen-bond acceptors (Lipinski definition) is 4. The van der Waals surface area contributed by atoms with Gasteiger partial charge in [0.15, 0.2) is 5.82 Å². The van der Waals surface area contributed by atoms with Crippen LogP contribution in [0.15, 0.2) is 55.1 Å². The Bertz CT molecular complexity index is 734. The fourth-order valence-corrected chi connectivity index (χ4v) is 2.39. The van der Waals surface area contributed by atoms with Gasteiger partial charge in [-0.2, -0.15) is 5.10 Å². The van der Waals surface area contributed by atoms with E-state index in [4.69, 9.17) is 0 Å². The maximum Gasteiger partial charge on any atom is 0.159 e. The van der Waals surface area contributed by atoms with Crippen molar-refractivity contribution in [3.63, 3.8) is 0 Å². The Balaban J connectivity index is 1.54. The van der Waals surface area contributed by atoms with Crippen LogP contribution >= 0.6 is 0 Å². The lowest BCUT2D eigenvalue weighted by atomic mass is 10.2. The molecule has 3 aromatic rings. The van der Waals surface area contributed by atoms with Crippen LogP contribution in [0, 0.1) is 6.92 Å². The minimum Gasteiger partial charge on any atom is -0.308 e. The third-order valence-electron chi connectivity index (χ3n) is 3.62. The standard InChI is InChI=1S/C18H21N5/c1-14-8-22-23(12-14)13-15(2)19-9-16-10-20-18(21-11-16)17-6-4-3-5-7-17/h3-8,10-12,15,19H,9,13H2,1-2H3/t15-/m1/s1. The number of nitrogens with zero attached hydrogens (tertiary/aromatic N) is 4. The fraction of sp³-hybridized carbons (Fsp3) is 0.278. The zero-order valence-electron chi connectivity index (χ0n) is 13.5. The van der Waals surface area contributed by atoms with Crippen molar-refractivity contribution in [3.8, 4) is 11.4 Å². The molecule has 0 aliphatic carbocycles. The second kappa shape index (κ2) is 7.15. The SMILES string of the molecule is Cc1cnn(C[C@@H](C)NCc2cnc(-c3ccccc3)nc2)c1. The Morgan fingerprint density at radius 1 is 1.09 bits per heavy atom. The van der Waals surface area contributed by atoms with Gasteiger partial charge in [0, 0.05) is 42.3 Å². The largest absolute Gasteiger partial charge is 0.308 e. The maximum absolute atomic E-state index is 4.45. The van der Waals surface area contributed by atoms with Crippen LogP contribution in [0.2, 0.25) is 0 Å². The molecule has 5 heteroatoms. The molecule has 1 N–H and O–H groups in total. The molecule has 0 amide bonds. The second-order valence-electron chi connectivity index (χ2n) is 5.80. The Morgan fingerprint density at radius 2 is 1.83 bits per heavy atom. The van der Waals surface area contributed by atoms with Crippen molar-refractivity contribution in [1.29, 1.82) is 0 Å². The van der Waals surface area contributed by atoms with E-state index >= 15 is 0 Å². The van der Waals surface area contributed by atoms with E-state index in [1.807, 2.05) is 60.5 Å². The topological polar surface area (TPSA) is 55.6 Å². The molecule has 3 rings (SSSR count). The fourth-order valence-electron chi connectivity index (χ4n) is 2.39. The summed E-state index contributed by atoms with van der Waals surface area (Å²) in [5, 5.41) is 7.78. The van der Waals surface area contributed by atoms with Crippen molar-refractivity contribution in [2.45, 2.75) is 33.0 Å². The highest BCUT2D eigenvalue weighted by Crippen LogP contribution is 2.13. The van der Waals surface area contributed by atoms with Crippen molar-refractivity contribution < 1.29 is 0 Å². The molecule has 0 radical (unpaired) electrons. The minimum absolute atomic E-state index is 0.322. The van der Waals surface area contributed by atoms with E-state index in [-0.39, 0.29) is 0 Å². The number of benzene rings is 1. The number of hydrogen-bond donors (Lipinski definition) is 1. The lowest BCUT2D eigenvalue weighted by molar-refractivity contribution is 0.450. The molecule has 2 aromatic heterocycles. The van der Waals surface area contributed by atoms with E-state index in [1.165, 1.54) is 5.56 Å². The van der Waals surface area contributed by atoms with E-state index < -0.39 is 0 Å². The molecule has 0 bridgehead atoms. The molecule has 0 aliphatic rings. The van der Waals surface area contributed by atoms with Crippen LogP contribution in [0.1, 0.15) is 18.1 Å². The second-order valence-corrected chi connectivity index (χ2v) is 5.80. The Hall–Kier alpha value is -2.53. The van der Waals surface area contributed by atoms with E-state index in [1.54, 1.807) is 0 Å². The predicted octanol–water partition coefficient (Wildman–Crippen LogP) is 2.83. The summed E-state index contributed by atoms with van der Waals surface area (Å²) < 4.78 is 1.96. The van der Waals surface area contributed by atoms with Crippen LogP contribution in [-0.4, -0.2) is 25.8 Å². The Kier molecular flexibility index (Phi) is 4.78. The van der Waals surface area contributed by atoms with Crippen molar-refractivity contribution in [2.24, 2.45) is 0 Å². The maximum atomic E-state index is 4.45. The van der Waals surface area contributed by atoms with Gasteiger partial charge < -0.3 is 5.32 Å². The van der Waals surface area contributed by atoms with Crippen molar-refractivity contribution >= 4 is 0 Å². The third kappa shape index (κ3) is 4.23. The zero-order chi connectivity index (χ0) is 16.1.